The average molecular weight is 433 g/mol. The number of fused-ring (bicyclic) bond motifs is 5. The van der Waals surface area contributed by atoms with Gasteiger partial charge in [0, 0.05) is 11.8 Å². The number of hydrogen-bond donors (Lipinski definition) is 3. The van der Waals surface area contributed by atoms with Crippen molar-refractivity contribution in [3.8, 4) is 0 Å². The van der Waals surface area contributed by atoms with Crippen molar-refractivity contribution in [3.05, 3.63) is 11.6 Å². The van der Waals surface area contributed by atoms with E-state index in [1.807, 2.05) is 0 Å². The van der Waals surface area contributed by atoms with E-state index in [0.29, 0.717) is 36.5 Å². The molecule has 0 bridgehead atoms. The monoisotopic (exact) mass is 432 g/mol. The van der Waals surface area contributed by atoms with Gasteiger partial charge in [-0.25, -0.2) is 0 Å². The van der Waals surface area contributed by atoms with Crippen LogP contribution < -0.4 is 0 Å². The van der Waals surface area contributed by atoms with Crippen LogP contribution in [0.3, 0.4) is 0 Å². The zero-order valence-electron chi connectivity index (χ0n) is 20.8. The summed E-state index contributed by atoms with van der Waals surface area (Å²) in [4.78, 5) is 0. The first-order valence-electron chi connectivity index (χ1n) is 13.2. The number of hydrogen-bond acceptors (Lipinski definition) is 3. The first-order valence-corrected chi connectivity index (χ1v) is 13.2. The minimum absolute atomic E-state index is 0.128. The predicted octanol–water partition coefficient (Wildman–Crippen LogP) is 5.58. The largest absolute Gasteiger partial charge is 0.393 e. The van der Waals surface area contributed by atoms with Crippen molar-refractivity contribution in [2.24, 2.45) is 52.3 Å². The van der Waals surface area contributed by atoms with Crippen molar-refractivity contribution in [3.63, 3.8) is 0 Å². The number of allylic oxidation sites excluding steroid dienone is 1. The fourth-order valence-electron chi connectivity index (χ4n) is 8.85. The van der Waals surface area contributed by atoms with Crippen LogP contribution in [0.5, 0.6) is 0 Å². The van der Waals surface area contributed by atoms with Gasteiger partial charge in [-0.2, -0.15) is 0 Å². The van der Waals surface area contributed by atoms with Gasteiger partial charge in [0.15, 0.2) is 0 Å². The van der Waals surface area contributed by atoms with Crippen molar-refractivity contribution in [2.45, 2.75) is 111 Å². The van der Waals surface area contributed by atoms with E-state index < -0.39 is 12.2 Å². The number of rotatable bonds is 5. The molecule has 0 amide bonds. The lowest BCUT2D eigenvalue weighted by Gasteiger charge is -2.61. The first-order chi connectivity index (χ1) is 14.5. The van der Waals surface area contributed by atoms with Gasteiger partial charge in [-0.1, -0.05) is 66.0 Å². The van der Waals surface area contributed by atoms with Crippen LogP contribution >= 0.6 is 0 Å². The Hall–Kier alpha value is -0.380. The molecular weight excluding hydrogens is 384 g/mol. The van der Waals surface area contributed by atoms with Crippen LogP contribution in [0, 0.1) is 52.3 Å². The molecule has 0 aromatic heterocycles. The van der Waals surface area contributed by atoms with Crippen LogP contribution in [0.1, 0.15) is 92.9 Å². The van der Waals surface area contributed by atoms with Gasteiger partial charge >= 0.3 is 0 Å². The lowest BCUT2D eigenvalue weighted by molar-refractivity contribution is -0.159. The summed E-state index contributed by atoms with van der Waals surface area (Å²) in [7, 11) is 0. The van der Waals surface area contributed by atoms with E-state index in [-0.39, 0.29) is 22.9 Å². The zero-order chi connectivity index (χ0) is 22.7. The summed E-state index contributed by atoms with van der Waals surface area (Å²) < 4.78 is 0. The van der Waals surface area contributed by atoms with Crippen molar-refractivity contribution >= 4 is 0 Å². The number of aliphatic hydroxyl groups excluding tert-OH is 3. The van der Waals surface area contributed by atoms with Crippen LogP contribution in [-0.2, 0) is 0 Å². The second-order valence-corrected chi connectivity index (χ2v) is 12.9. The molecule has 3 fully saturated rings. The fraction of sp³-hybridized carbons (Fsp3) is 0.929. The summed E-state index contributed by atoms with van der Waals surface area (Å²) in [5.74, 6) is 4.16. The normalized spacial score (nSPS) is 49.1. The van der Waals surface area contributed by atoms with Crippen molar-refractivity contribution in [1.29, 1.82) is 0 Å². The SMILES string of the molecule is CC(C)C(C)CC[C@@H](C)[C@H]1CC[C@H]2[C@@H]3CC=C4C[C@@H](O)C[C@H](O)[C@]4(C)[C@H]3[C@H](O)C[C@]12C. The standard InChI is InChI=1S/C28H48O3/c1-16(2)17(3)7-8-18(4)22-11-12-23-21-10-9-19-13-20(29)14-25(31)28(19,6)26(21)24(30)15-27(22,23)5/h9,16-18,20-26,29-31H,7-8,10-15H2,1-6H3/t17?,18-,20-,21+,22-,23+,24-,25+,26-,27-,28-/m1/s1. The number of aliphatic hydroxyl groups is 3. The van der Waals surface area contributed by atoms with E-state index in [1.54, 1.807) is 0 Å². The van der Waals surface area contributed by atoms with Crippen molar-refractivity contribution in [2.75, 3.05) is 0 Å². The van der Waals surface area contributed by atoms with E-state index in [4.69, 9.17) is 0 Å². The van der Waals surface area contributed by atoms with E-state index >= 15 is 0 Å². The molecule has 1 unspecified atom stereocenters. The molecule has 0 aromatic rings. The molecule has 0 saturated heterocycles. The van der Waals surface area contributed by atoms with Crippen LogP contribution in [-0.4, -0.2) is 33.6 Å². The highest BCUT2D eigenvalue weighted by atomic mass is 16.3. The van der Waals surface area contributed by atoms with Crippen molar-refractivity contribution < 1.29 is 15.3 Å². The van der Waals surface area contributed by atoms with Gasteiger partial charge < -0.3 is 15.3 Å². The Morgan fingerprint density at radius 1 is 1.03 bits per heavy atom. The molecule has 0 radical (unpaired) electrons. The summed E-state index contributed by atoms with van der Waals surface area (Å²) in [5.41, 5.74) is 1.04. The molecular formula is C28H48O3. The third-order valence-corrected chi connectivity index (χ3v) is 11.1. The third kappa shape index (κ3) is 3.75. The van der Waals surface area contributed by atoms with Crippen LogP contribution in [0.15, 0.2) is 11.6 Å². The summed E-state index contributed by atoms with van der Waals surface area (Å²) in [6.45, 7) is 14.2. The Morgan fingerprint density at radius 3 is 2.42 bits per heavy atom. The Balaban J connectivity index is 1.56. The fourth-order valence-corrected chi connectivity index (χ4v) is 8.85. The Morgan fingerprint density at radius 2 is 1.74 bits per heavy atom. The van der Waals surface area contributed by atoms with Gasteiger partial charge in [-0.05, 0) is 78.9 Å². The summed E-state index contributed by atoms with van der Waals surface area (Å²) >= 11 is 0. The second-order valence-electron chi connectivity index (χ2n) is 12.9. The summed E-state index contributed by atoms with van der Waals surface area (Å²) in [6, 6.07) is 0. The second kappa shape index (κ2) is 8.44. The molecule has 4 rings (SSSR count). The Bertz CT molecular complexity index is 686. The summed E-state index contributed by atoms with van der Waals surface area (Å²) in [6.07, 6.45) is 9.17. The zero-order valence-corrected chi connectivity index (χ0v) is 20.8. The molecule has 0 aromatic carbocycles. The first kappa shape index (κ1) is 23.8. The van der Waals surface area contributed by atoms with Crippen molar-refractivity contribution in [1.82, 2.24) is 0 Å². The van der Waals surface area contributed by atoms with Gasteiger partial charge in [0.25, 0.3) is 0 Å². The van der Waals surface area contributed by atoms with E-state index in [2.05, 4.69) is 47.6 Å². The lowest BCUT2D eigenvalue weighted by atomic mass is 9.45. The highest BCUT2D eigenvalue weighted by Crippen LogP contribution is 2.67. The molecule has 3 heteroatoms. The van der Waals surface area contributed by atoms with Crippen LogP contribution in [0.2, 0.25) is 0 Å². The maximum Gasteiger partial charge on any atom is 0.0659 e. The molecule has 3 nitrogen and oxygen atoms in total. The molecule has 0 aliphatic heterocycles. The maximum absolute atomic E-state index is 11.6. The van der Waals surface area contributed by atoms with Gasteiger partial charge in [-0.15, -0.1) is 0 Å². The van der Waals surface area contributed by atoms with E-state index in [0.717, 1.165) is 24.7 Å². The minimum atomic E-state index is -0.553. The maximum atomic E-state index is 11.6. The van der Waals surface area contributed by atoms with E-state index in [1.165, 1.54) is 31.3 Å². The highest BCUT2D eigenvalue weighted by molar-refractivity contribution is 5.28. The van der Waals surface area contributed by atoms with E-state index in [9.17, 15) is 15.3 Å². The van der Waals surface area contributed by atoms with Gasteiger partial charge in [0.1, 0.15) is 0 Å². The molecule has 0 spiro atoms. The summed E-state index contributed by atoms with van der Waals surface area (Å²) in [5, 5.41) is 32.9. The topological polar surface area (TPSA) is 60.7 Å². The molecule has 0 heterocycles. The smallest absolute Gasteiger partial charge is 0.0659 e. The highest BCUT2D eigenvalue weighted by Gasteiger charge is 2.63. The molecule has 3 saturated carbocycles. The molecule has 3 N–H and O–H groups in total. The molecule has 178 valence electrons. The Labute approximate surface area is 190 Å². The van der Waals surface area contributed by atoms with Gasteiger partial charge in [0.2, 0.25) is 0 Å². The Kier molecular flexibility index (Phi) is 6.47. The third-order valence-electron chi connectivity index (χ3n) is 11.1. The quantitative estimate of drug-likeness (QED) is 0.497. The lowest BCUT2D eigenvalue weighted by Crippen LogP contribution is -2.60. The van der Waals surface area contributed by atoms with Gasteiger partial charge in [0.05, 0.1) is 18.3 Å². The molecule has 4 aliphatic carbocycles. The average Bonchev–Trinajstić information content (AvgIpc) is 3.03. The molecule has 11 atom stereocenters. The predicted molar refractivity (Wildman–Crippen MR) is 126 cm³/mol. The van der Waals surface area contributed by atoms with Crippen LogP contribution in [0.4, 0.5) is 0 Å². The molecule has 4 aliphatic rings. The molecule has 31 heavy (non-hydrogen) atoms. The minimum Gasteiger partial charge on any atom is -0.393 e. The van der Waals surface area contributed by atoms with Gasteiger partial charge in [-0.3, -0.25) is 0 Å². The van der Waals surface area contributed by atoms with Crippen LogP contribution in [0.25, 0.3) is 0 Å².